The van der Waals surface area contributed by atoms with E-state index < -0.39 is 67.0 Å². The van der Waals surface area contributed by atoms with Crippen molar-refractivity contribution in [2.75, 3.05) is 13.1 Å². The molecule has 30 heavy (non-hydrogen) atoms. The summed E-state index contributed by atoms with van der Waals surface area (Å²) in [6.45, 7) is 2.36. The molecular weight excluding hydrogens is 443 g/mol. The fraction of sp³-hybridized carbons (Fsp3) is 1.00. The van der Waals surface area contributed by atoms with E-state index in [0.717, 1.165) is 11.8 Å². The van der Waals surface area contributed by atoms with Crippen LogP contribution in [0, 0.1) is 11.8 Å². The van der Waals surface area contributed by atoms with Crippen LogP contribution < -0.4 is 0 Å². The van der Waals surface area contributed by atoms with E-state index in [1.807, 2.05) is 0 Å². The van der Waals surface area contributed by atoms with Gasteiger partial charge in [0.1, 0.15) is 12.2 Å². The van der Waals surface area contributed by atoms with Crippen LogP contribution in [0.25, 0.3) is 0 Å². The Morgan fingerprint density at radius 1 is 0.800 bits per heavy atom. The van der Waals surface area contributed by atoms with Gasteiger partial charge in [-0.25, -0.2) is 22.0 Å². The average molecular weight is 467 g/mol. The summed E-state index contributed by atoms with van der Waals surface area (Å²) in [6, 6.07) is -1.90. The third-order valence-corrected chi connectivity index (χ3v) is 5.37. The number of nitrogens with zero attached hydrogens (tertiary/aromatic N) is 1. The lowest BCUT2D eigenvalue weighted by molar-refractivity contribution is -0.287. The second-order valence-electron chi connectivity index (χ2n) is 7.88. The zero-order chi connectivity index (χ0) is 23.9. The van der Waals surface area contributed by atoms with Crippen LogP contribution in [0.1, 0.15) is 34.1 Å². The topological polar surface area (TPSA) is 12.5 Å². The SMILES string of the molecule is CC1CC(C(F)(F)F)CN(C(C)C(F)(F)C(C)OC(C)C(F)(F)C(F)C(F)(F)F)C1. The molecule has 0 saturated carbocycles. The number of piperidine rings is 1. The molecule has 0 aliphatic carbocycles. The molecule has 1 rings (SSSR count). The van der Waals surface area contributed by atoms with E-state index in [-0.39, 0.29) is 13.0 Å². The zero-order valence-electron chi connectivity index (χ0n) is 16.6. The first-order valence-electron chi connectivity index (χ1n) is 9.14. The summed E-state index contributed by atoms with van der Waals surface area (Å²) < 4.78 is 150. The van der Waals surface area contributed by atoms with Gasteiger partial charge in [0, 0.05) is 13.1 Å². The minimum Gasteiger partial charge on any atom is -0.363 e. The second kappa shape index (κ2) is 8.95. The molecule has 0 aromatic heterocycles. The number of rotatable bonds is 7. The minimum absolute atomic E-state index is 0.123. The smallest absolute Gasteiger partial charge is 0.363 e. The highest BCUT2D eigenvalue weighted by atomic mass is 19.4. The zero-order valence-corrected chi connectivity index (χ0v) is 16.6. The monoisotopic (exact) mass is 467 g/mol. The molecule has 0 bridgehead atoms. The Bertz CT molecular complexity index is 563. The summed E-state index contributed by atoms with van der Waals surface area (Å²) in [5, 5.41) is 0. The van der Waals surface area contributed by atoms with Crippen molar-refractivity contribution >= 4 is 0 Å². The number of likely N-dealkylation sites (tertiary alicyclic amines) is 1. The number of alkyl halides is 11. The van der Waals surface area contributed by atoms with Crippen LogP contribution in [0.3, 0.4) is 0 Å². The van der Waals surface area contributed by atoms with Crippen LogP contribution in [-0.4, -0.2) is 66.6 Å². The van der Waals surface area contributed by atoms with Gasteiger partial charge in [-0.05, 0) is 33.1 Å². The molecule has 0 aromatic rings. The van der Waals surface area contributed by atoms with Gasteiger partial charge in [0.25, 0.3) is 12.1 Å². The van der Waals surface area contributed by atoms with Crippen LogP contribution in [0.15, 0.2) is 0 Å². The molecule has 1 saturated heterocycles. The fourth-order valence-electron chi connectivity index (χ4n) is 3.44. The summed E-state index contributed by atoms with van der Waals surface area (Å²) >= 11 is 0. The summed E-state index contributed by atoms with van der Waals surface area (Å²) in [5.74, 6) is -11.6. The first-order valence-corrected chi connectivity index (χ1v) is 9.14. The van der Waals surface area contributed by atoms with Crippen LogP contribution in [0.5, 0.6) is 0 Å². The summed E-state index contributed by atoms with van der Waals surface area (Å²) in [5.41, 5.74) is 0. The summed E-state index contributed by atoms with van der Waals surface area (Å²) in [6.07, 6.45) is -20.7. The molecule has 6 unspecified atom stereocenters. The highest BCUT2D eigenvalue weighted by molar-refractivity contribution is 4.94. The van der Waals surface area contributed by atoms with Gasteiger partial charge in [-0.1, -0.05) is 6.92 Å². The van der Waals surface area contributed by atoms with E-state index in [1.54, 1.807) is 0 Å². The molecule has 2 nitrogen and oxygen atoms in total. The van der Waals surface area contributed by atoms with Crippen molar-refractivity contribution in [2.24, 2.45) is 11.8 Å². The first kappa shape index (κ1) is 27.2. The molecule has 1 aliphatic heterocycles. The van der Waals surface area contributed by atoms with Crippen molar-refractivity contribution in [1.29, 1.82) is 0 Å². The number of ether oxygens (including phenoxy) is 1. The Labute approximate surface area is 166 Å². The number of hydrogen-bond donors (Lipinski definition) is 0. The molecule has 180 valence electrons. The average Bonchev–Trinajstić information content (AvgIpc) is 2.57. The molecule has 1 aliphatic rings. The van der Waals surface area contributed by atoms with Gasteiger partial charge in [-0.3, -0.25) is 4.90 Å². The fourth-order valence-corrected chi connectivity index (χ4v) is 3.44. The molecule has 0 amide bonds. The summed E-state index contributed by atoms with van der Waals surface area (Å²) in [4.78, 5) is 0.850. The van der Waals surface area contributed by atoms with E-state index in [4.69, 9.17) is 0 Å². The van der Waals surface area contributed by atoms with Gasteiger partial charge >= 0.3 is 18.3 Å². The van der Waals surface area contributed by atoms with Gasteiger partial charge in [0.2, 0.25) is 0 Å². The maximum atomic E-state index is 14.7. The van der Waals surface area contributed by atoms with E-state index in [0.29, 0.717) is 13.8 Å². The highest BCUT2D eigenvalue weighted by Crippen LogP contribution is 2.41. The van der Waals surface area contributed by atoms with E-state index in [9.17, 15) is 48.3 Å². The molecule has 13 heteroatoms. The Hall–Kier alpha value is -0.850. The third kappa shape index (κ3) is 6.10. The lowest BCUT2D eigenvalue weighted by Crippen LogP contribution is -2.58. The molecule has 0 radical (unpaired) electrons. The Kier molecular flexibility index (Phi) is 8.11. The third-order valence-electron chi connectivity index (χ3n) is 5.37. The number of hydrogen-bond acceptors (Lipinski definition) is 2. The van der Waals surface area contributed by atoms with Crippen molar-refractivity contribution in [1.82, 2.24) is 4.90 Å². The van der Waals surface area contributed by atoms with Gasteiger partial charge in [0.05, 0.1) is 12.0 Å². The van der Waals surface area contributed by atoms with Crippen LogP contribution in [-0.2, 0) is 4.74 Å². The Morgan fingerprint density at radius 2 is 1.27 bits per heavy atom. The lowest BCUT2D eigenvalue weighted by atomic mass is 9.88. The second-order valence-corrected chi connectivity index (χ2v) is 7.88. The molecule has 0 aromatic carbocycles. The maximum Gasteiger partial charge on any atom is 0.425 e. The Morgan fingerprint density at radius 3 is 1.70 bits per heavy atom. The van der Waals surface area contributed by atoms with E-state index in [2.05, 4.69) is 4.74 Å². The largest absolute Gasteiger partial charge is 0.425 e. The predicted octanol–water partition coefficient (Wildman–Crippen LogP) is 5.86. The predicted molar refractivity (Wildman–Crippen MR) is 85.2 cm³/mol. The highest BCUT2D eigenvalue weighted by Gasteiger charge is 2.61. The minimum atomic E-state index is -5.93. The quantitative estimate of drug-likeness (QED) is 0.435. The standard InChI is InChI=1S/C17H24F11NO/c1-8-5-12(16(23,24)25)7-29(6-8)9(2)14(19,20)10(3)30-11(4)15(21,22)13(18)17(26,27)28/h8-13H,5-7H2,1-4H3. The van der Waals surface area contributed by atoms with Crippen molar-refractivity contribution in [3.8, 4) is 0 Å². The van der Waals surface area contributed by atoms with Gasteiger partial charge in [-0.15, -0.1) is 0 Å². The van der Waals surface area contributed by atoms with Gasteiger partial charge in [0.15, 0.2) is 0 Å². The lowest BCUT2D eigenvalue weighted by Gasteiger charge is -2.44. The van der Waals surface area contributed by atoms with Crippen LogP contribution >= 0.6 is 0 Å². The van der Waals surface area contributed by atoms with Crippen molar-refractivity contribution in [2.45, 2.75) is 82.7 Å². The molecule has 0 spiro atoms. The molecule has 1 fully saturated rings. The van der Waals surface area contributed by atoms with Crippen molar-refractivity contribution in [3.05, 3.63) is 0 Å². The maximum absolute atomic E-state index is 14.7. The van der Waals surface area contributed by atoms with Gasteiger partial charge in [-0.2, -0.15) is 26.3 Å². The van der Waals surface area contributed by atoms with Crippen LogP contribution in [0.4, 0.5) is 48.3 Å². The Balaban J connectivity index is 2.93. The van der Waals surface area contributed by atoms with Gasteiger partial charge < -0.3 is 4.74 Å². The first-order chi connectivity index (χ1) is 13.2. The summed E-state index contributed by atoms with van der Waals surface area (Å²) in [7, 11) is 0. The molecule has 1 heterocycles. The molecule has 6 atom stereocenters. The normalized spacial score (nSPS) is 26.9. The van der Waals surface area contributed by atoms with Crippen LogP contribution in [0.2, 0.25) is 0 Å². The van der Waals surface area contributed by atoms with Crippen molar-refractivity contribution < 1.29 is 53.0 Å². The molecule has 0 N–H and O–H groups in total. The van der Waals surface area contributed by atoms with Crippen molar-refractivity contribution in [3.63, 3.8) is 0 Å². The van der Waals surface area contributed by atoms with E-state index in [1.165, 1.54) is 6.92 Å². The van der Waals surface area contributed by atoms with E-state index >= 15 is 0 Å². The molecular formula is C17H24F11NO. The number of halogens is 11.